The molecule has 46 heavy (non-hydrogen) atoms. The summed E-state index contributed by atoms with van der Waals surface area (Å²) in [4.78, 5) is 30.0. The molecule has 1 atom stereocenters. The molecular weight excluding hydrogens is 665 g/mol. The second-order valence-electron chi connectivity index (χ2n) is 11.9. The molecule has 0 unspecified atom stereocenters. The van der Waals surface area contributed by atoms with E-state index in [0.717, 1.165) is 9.87 Å². The van der Waals surface area contributed by atoms with Gasteiger partial charge in [0.2, 0.25) is 11.8 Å². The van der Waals surface area contributed by atoms with Gasteiger partial charge < -0.3 is 10.2 Å². The number of nitrogens with one attached hydrogen (secondary N) is 1. The van der Waals surface area contributed by atoms with Gasteiger partial charge >= 0.3 is 0 Å². The first-order valence-electron chi connectivity index (χ1n) is 14.6. The number of aryl methyl sites for hydroxylation is 1. The van der Waals surface area contributed by atoms with Crippen molar-refractivity contribution in [3.05, 3.63) is 129 Å². The van der Waals surface area contributed by atoms with E-state index in [9.17, 15) is 18.0 Å². The Labute approximate surface area is 286 Å². The SMILES string of the molecule is Cc1cc(Cl)ccc1N(CC(=O)N(Cc1c(Cl)cccc1Cl)[C@@H](Cc1ccccc1)C(=O)NC(C)(C)C)S(=O)(=O)c1ccccc1. The summed E-state index contributed by atoms with van der Waals surface area (Å²) in [6.07, 6.45) is 0.155. The molecule has 11 heteroatoms. The first-order chi connectivity index (χ1) is 21.7. The van der Waals surface area contributed by atoms with E-state index in [4.69, 9.17) is 34.8 Å². The Morgan fingerprint density at radius 3 is 1.98 bits per heavy atom. The fourth-order valence-corrected chi connectivity index (χ4v) is 7.24. The van der Waals surface area contributed by atoms with Crippen molar-refractivity contribution in [2.24, 2.45) is 0 Å². The zero-order valence-electron chi connectivity index (χ0n) is 26.0. The highest BCUT2D eigenvalue weighted by atomic mass is 35.5. The Kier molecular flexibility index (Phi) is 11.4. The number of hydrogen-bond acceptors (Lipinski definition) is 4. The van der Waals surface area contributed by atoms with Crippen LogP contribution in [0, 0.1) is 6.92 Å². The summed E-state index contributed by atoms with van der Waals surface area (Å²) in [5, 5.41) is 4.03. The lowest BCUT2D eigenvalue weighted by atomic mass is 10.0. The van der Waals surface area contributed by atoms with Crippen LogP contribution in [0.5, 0.6) is 0 Å². The number of sulfonamides is 1. The molecule has 2 amide bonds. The lowest BCUT2D eigenvalue weighted by Crippen LogP contribution is -2.56. The number of amides is 2. The molecule has 0 aliphatic carbocycles. The molecule has 0 spiro atoms. The minimum absolute atomic E-state index is 0.00385. The van der Waals surface area contributed by atoms with Gasteiger partial charge in [0.25, 0.3) is 10.0 Å². The lowest BCUT2D eigenvalue weighted by Gasteiger charge is -2.36. The number of carbonyl (C=O) groups is 2. The normalized spacial score (nSPS) is 12.3. The minimum Gasteiger partial charge on any atom is -0.350 e. The fraction of sp³-hybridized carbons (Fsp3) is 0.257. The van der Waals surface area contributed by atoms with Gasteiger partial charge in [-0.25, -0.2) is 8.42 Å². The van der Waals surface area contributed by atoms with Crippen LogP contribution in [0.1, 0.15) is 37.5 Å². The molecule has 4 aromatic rings. The average molecular weight is 701 g/mol. The predicted octanol–water partition coefficient (Wildman–Crippen LogP) is 7.71. The van der Waals surface area contributed by atoms with Crippen molar-refractivity contribution >= 4 is 62.3 Å². The van der Waals surface area contributed by atoms with Crippen molar-refractivity contribution in [3.63, 3.8) is 0 Å². The third-order valence-electron chi connectivity index (χ3n) is 7.20. The number of carbonyl (C=O) groups excluding carboxylic acids is 2. The fourth-order valence-electron chi connectivity index (χ4n) is 4.99. The molecule has 0 saturated heterocycles. The minimum atomic E-state index is -4.25. The van der Waals surface area contributed by atoms with E-state index >= 15 is 0 Å². The smallest absolute Gasteiger partial charge is 0.264 e. The molecule has 242 valence electrons. The van der Waals surface area contributed by atoms with Gasteiger partial charge in [0.1, 0.15) is 12.6 Å². The van der Waals surface area contributed by atoms with Crippen LogP contribution in [0.25, 0.3) is 0 Å². The Morgan fingerprint density at radius 1 is 0.826 bits per heavy atom. The molecule has 0 bridgehead atoms. The molecule has 7 nitrogen and oxygen atoms in total. The lowest BCUT2D eigenvalue weighted by molar-refractivity contribution is -0.140. The Morgan fingerprint density at radius 2 is 1.41 bits per heavy atom. The van der Waals surface area contributed by atoms with Crippen molar-refractivity contribution < 1.29 is 18.0 Å². The van der Waals surface area contributed by atoms with Gasteiger partial charge in [0.05, 0.1) is 10.6 Å². The number of nitrogens with zero attached hydrogens (tertiary/aromatic N) is 2. The van der Waals surface area contributed by atoms with Crippen LogP contribution >= 0.6 is 34.8 Å². The van der Waals surface area contributed by atoms with Crippen LogP contribution in [0.4, 0.5) is 5.69 Å². The van der Waals surface area contributed by atoms with E-state index < -0.39 is 40.0 Å². The molecule has 0 heterocycles. The van der Waals surface area contributed by atoms with Gasteiger partial charge in [-0.05, 0) is 81.3 Å². The van der Waals surface area contributed by atoms with Gasteiger partial charge in [-0.1, -0.05) is 89.4 Å². The topological polar surface area (TPSA) is 86.8 Å². The third kappa shape index (κ3) is 8.82. The van der Waals surface area contributed by atoms with E-state index in [1.807, 2.05) is 51.1 Å². The zero-order chi connectivity index (χ0) is 33.6. The molecule has 0 radical (unpaired) electrons. The Bertz CT molecular complexity index is 1780. The number of anilines is 1. The van der Waals surface area contributed by atoms with Crippen LogP contribution in [-0.4, -0.2) is 43.3 Å². The maximum Gasteiger partial charge on any atom is 0.264 e. The van der Waals surface area contributed by atoms with Crippen LogP contribution in [0.3, 0.4) is 0 Å². The average Bonchev–Trinajstić information content (AvgIpc) is 2.99. The number of benzene rings is 4. The summed E-state index contributed by atoms with van der Waals surface area (Å²) in [7, 11) is -4.25. The molecule has 0 aromatic heterocycles. The highest BCUT2D eigenvalue weighted by molar-refractivity contribution is 7.92. The number of hydrogen-bond donors (Lipinski definition) is 1. The Balaban J connectivity index is 1.87. The van der Waals surface area contributed by atoms with Gasteiger partial charge in [-0.2, -0.15) is 0 Å². The van der Waals surface area contributed by atoms with Crippen molar-refractivity contribution in [1.29, 1.82) is 0 Å². The molecule has 0 saturated carbocycles. The molecule has 0 aliphatic heterocycles. The maximum absolute atomic E-state index is 14.6. The van der Waals surface area contributed by atoms with E-state index in [2.05, 4.69) is 5.32 Å². The number of halogens is 3. The molecule has 0 fully saturated rings. The van der Waals surface area contributed by atoms with Gasteiger partial charge in [-0.15, -0.1) is 0 Å². The standard InChI is InChI=1S/C35H36Cl3N3O4S/c1-24-20-26(36)18-19-31(24)41(46(44,45)27-14-9-6-10-15-27)23-33(42)40(22-28-29(37)16-11-17-30(28)38)32(34(43)39-35(2,3)4)21-25-12-7-5-8-13-25/h5-20,32H,21-23H2,1-4H3,(H,39,43)/t32-/m0/s1. The van der Waals surface area contributed by atoms with E-state index in [0.29, 0.717) is 26.2 Å². The molecule has 1 N–H and O–H groups in total. The van der Waals surface area contributed by atoms with E-state index in [1.165, 1.54) is 17.0 Å². The second kappa shape index (κ2) is 14.9. The first-order valence-corrected chi connectivity index (χ1v) is 17.2. The summed E-state index contributed by atoms with van der Waals surface area (Å²) in [6, 6.07) is 25.9. The third-order valence-corrected chi connectivity index (χ3v) is 9.91. The van der Waals surface area contributed by atoms with Gasteiger partial charge in [-0.3, -0.25) is 13.9 Å². The van der Waals surface area contributed by atoms with E-state index in [1.54, 1.807) is 61.5 Å². The van der Waals surface area contributed by atoms with Crippen molar-refractivity contribution in [2.75, 3.05) is 10.8 Å². The summed E-state index contributed by atoms with van der Waals surface area (Å²) in [6.45, 7) is 6.49. The monoisotopic (exact) mass is 699 g/mol. The summed E-state index contributed by atoms with van der Waals surface area (Å²) in [5.74, 6) is -1.04. The van der Waals surface area contributed by atoms with Crippen molar-refractivity contribution in [2.45, 2.75) is 57.1 Å². The van der Waals surface area contributed by atoms with Crippen molar-refractivity contribution in [3.8, 4) is 0 Å². The quantitative estimate of drug-likeness (QED) is 0.174. The van der Waals surface area contributed by atoms with Gasteiger partial charge in [0.15, 0.2) is 0 Å². The van der Waals surface area contributed by atoms with Crippen LogP contribution in [0.15, 0.2) is 102 Å². The highest BCUT2D eigenvalue weighted by Crippen LogP contribution is 2.31. The van der Waals surface area contributed by atoms with Crippen LogP contribution in [0.2, 0.25) is 15.1 Å². The maximum atomic E-state index is 14.6. The molecule has 4 aromatic carbocycles. The number of rotatable bonds is 11. The van der Waals surface area contributed by atoms with Crippen LogP contribution < -0.4 is 9.62 Å². The van der Waals surface area contributed by atoms with E-state index in [-0.39, 0.29) is 23.5 Å². The molecule has 0 aliphatic rings. The zero-order valence-corrected chi connectivity index (χ0v) is 29.1. The largest absolute Gasteiger partial charge is 0.350 e. The molecule has 4 rings (SSSR count). The first kappa shape index (κ1) is 35.3. The second-order valence-corrected chi connectivity index (χ2v) is 15.0. The van der Waals surface area contributed by atoms with Gasteiger partial charge in [0, 0.05) is 39.1 Å². The molecular formula is C35H36Cl3N3O4S. The van der Waals surface area contributed by atoms with Crippen molar-refractivity contribution in [1.82, 2.24) is 10.2 Å². The Hall–Kier alpha value is -3.56. The summed E-state index contributed by atoms with van der Waals surface area (Å²) < 4.78 is 29.4. The predicted molar refractivity (Wildman–Crippen MR) is 186 cm³/mol. The van der Waals surface area contributed by atoms with Crippen LogP contribution in [-0.2, 0) is 32.6 Å². The highest BCUT2D eigenvalue weighted by Gasteiger charge is 2.36. The summed E-state index contributed by atoms with van der Waals surface area (Å²) in [5.41, 5.74) is 1.44. The summed E-state index contributed by atoms with van der Waals surface area (Å²) >= 11 is 19.4.